The first-order chi connectivity index (χ1) is 10.5. The third kappa shape index (κ3) is 15.2. The van der Waals surface area contributed by atoms with Gasteiger partial charge in [0, 0.05) is 0 Å². The lowest BCUT2D eigenvalue weighted by Crippen LogP contribution is -3.00. The standard InChI is InChI=1S/C20H42NO.ClH/c1-5-7-8-9-10-11-12-13-14-15-16-17-18-19-20(22)21(3,4)6-2;/h5-19H2,1-4H3;1H/q+1;/p-1. The molecule has 0 aromatic carbocycles. The fraction of sp³-hybridized carbons (Fsp3) is 0.950. The van der Waals surface area contributed by atoms with Crippen LogP contribution in [0.4, 0.5) is 0 Å². The molecule has 0 aliphatic carbocycles. The Morgan fingerprint density at radius 2 is 1.00 bits per heavy atom. The van der Waals surface area contributed by atoms with E-state index in [4.69, 9.17) is 0 Å². The van der Waals surface area contributed by atoms with Crippen molar-refractivity contribution in [1.29, 1.82) is 0 Å². The van der Waals surface area contributed by atoms with Crippen LogP contribution in [-0.4, -0.2) is 31.0 Å². The molecule has 0 rings (SSSR count). The first kappa shape index (κ1) is 25.2. The highest BCUT2D eigenvalue weighted by Crippen LogP contribution is 2.13. The molecule has 0 spiro atoms. The quantitative estimate of drug-likeness (QED) is 0.328. The second-order valence-electron chi connectivity index (χ2n) is 7.39. The molecule has 0 N–H and O–H groups in total. The van der Waals surface area contributed by atoms with Crippen molar-refractivity contribution in [2.45, 2.75) is 104 Å². The van der Waals surface area contributed by atoms with E-state index in [2.05, 4.69) is 13.8 Å². The van der Waals surface area contributed by atoms with Crippen molar-refractivity contribution >= 4 is 5.91 Å². The third-order valence-electron chi connectivity index (χ3n) is 4.96. The minimum Gasteiger partial charge on any atom is -1.00 e. The molecular formula is C20H42ClNO. The fourth-order valence-electron chi connectivity index (χ4n) is 2.77. The van der Waals surface area contributed by atoms with Gasteiger partial charge in [-0.2, -0.15) is 0 Å². The maximum atomic E-state index is 12.0. The van der Waals surface area contributed by atoms with E-state index < -0.39 is 0 Å². The predicted octanol–water partition coefficient (Wildman–Crippen LogP) is 3.09. The van der Waals surface area contributed by atoms with Crippen molar-refractivity contribution in [2.24, 2.45) is 0 Å². The van der Waals surface area contributed by atoms with Gasteiger partial charge in [0.25, 0.3) is 0 Å². The second kappa shape index (κ2) is 16.8. The van der Waals surface area contributed by atoms with Crippen LogP contribution in [-0.2, 0) is 4.79 Å². The number of rotatable bonds is 15. The first-order valence-corrected chi connectivity index (χ1v) is 9.91. The van der Waals surface area contributed by atoms with Gasteiger partial charge in [-0.05, 0) is 13.3 Å². The molecule has 0 saturated carbocycles. The van der Waals surface area contributed by atoms with Crippen molar-refractivity contribution in [3.63, 3.8) is 0 Å². The van der Waals surface area contributed by atoms with Crippen molar-refractivity contribution < 1.29 is 21.7 Å². The van der Waals surface area contributed by atoms with Crippen molar-refractivity contribution in [3.8, 4) is 0 Å². The zero-order valence-corrected chi connectivity index (χ0v) is 17.1. The van der Waals surface area contributed by atoms with E-state index in [-0.39, 0.29) is 12.4 Å². The van der Waals surface area contributed by atoms with Crippen LogP contribution in [0.15, 0.2) is 0 Å². The highest BCUT2D eigenvalue weighted by atomic mass is 35.5. The summed E-state index contributed by atoms with van der Waals surface area (Å²) in [4.78, 5) is 12.0. The van der Waals surface area contributed by atoms with Gasteiger partial charge in [-0.15, -0.1) is 0 Å². The van der Waals surface area contributed by atoms with Gasteiger partial charge in [0.2, 0.25) is 0 Å². The first-order valence-electron chi connectivity index (χ1n) is 9.91. The van der Waals surface area contributed by atoms with Crippen LogP contribution < -0.4 is 12.4 Å². The Kier molecular flexibility index (Phi) is 18.3. The number of carbonyl (C=O) groups excluding carboxylic acids is 1. The van der Waals surface area contributed by atoms with Crippen molar-refractivity contribution in [3.05, 3.63) is 0 Å². The molecule has 23 heavy (non-hydrogen) atoms. The summed E-state index contributed by atoms with van der Waals surface area (Å²) in [6, 6.07) is 0. The number of unbranched alkanes of at least 4 members (excludes halogenated alkanes) is 12. The molecule has 0 saturated heterocycles. The van der Waals surface area contributed by atoms with Gasteiger partial charge < -0.3 is 12.4 Å². The zero-order valence-electron chi connectivity index (χ0n) is 16.3. The van der Waals surface area contributed by atoms with E-state index in [1.54, 1.807) is 0 Å². The van der Waals surface area contributed by atoms with Gasteiger partial charge in [0.15, 0.2) is 0 Å². The summed E-state index contributed by atoms with van der Waals surface area (Å²) in [6.45, 7) is 5.26. The SMILES string of the molecule is CCCCCCCCCCCCCCCC(=O)[N+](C)(C)CC.[Cl-]. The van der Waals surface area contributed by atoms with E-state index in [9.17, 15) is 4.79 Å². The van der Waals surface area contributed by atoms with Crippen LogP contribution in [0.5, 0.6) is 0 Å². The molecule has 0 aliphatic rings. The van der Waals surface area contributed by atoms with Gasteiger partial charge in [0.05, 0.1) is 27.1 Å². The number of hydrogen-bond donors (Lipinski definition) is 0. The minimum absolute atomic E-state index is 0. The van der Waals surface area contributed by atoms with Gasteiger partial charge in [-0.25, -0.2) is 4.79 Å². The largest absolute Gasteiger partial charge is 1.00 e. The Hall–Kier alpha value is -0.0800. The second-order valence-corrected chi connectivity index (χ2v) is 7.39. The molecule has 0 fully saturated rings. The Bertz CT molecular complexity index is 266. The topological polar surface area (TPSA) is 17.1 Å². The Morgan fingerprint density at radius 3 is 1.35 bits per heavy atom. The predicted molar refractivity (Wildman–Crippen MR) is 98.0 cm³/mol. The summed E-state index contributed by atoms with van der Waals surface area (Å²) < 4.78 is 0.540. The summed E-state index contributed by atoms with van der Waals surface area (Å²) >= 11 is 0. The molecule has 0 atom stereocenters. The maximum absolute atomic E-state index is 12.0. The van der Waals surface area contributed by atoms with Gasteiger partial charge in [-0.3, -0.25) is 4.48 Å². The average Bonchev–Trinajstić information content (AvgIpc) is 2.51. The summed E-state index contributed by atoms with van der Waals surface area (Å²) in [7, 11) is 4.04. The molecule has 0 aromatic rings. The molecule has 140 valence electrons. The minimum atomic E-state index is 0. The van der Waals surface area contributed by atoms with Crippen molar-refractivity contribution in [2.75, 3.05) is 20.6 Å². The molecule has 1 amide bonds. The summed E-state index contributed by atoms with van der Waals surface area (Å²) in [5.41, 5.74) is 0. The smallest absolute Gasteiger partial charge is 0.313 e. The van der Waals surface area contributed by atoms with E-state index in [1.165, 1.54) is 77.0 Å². The Morgan fingerprint density at radius 1 is 0.652 bits per heavy atom. The van der Waals surface area contributed by atoms with E-state index in [1.807, 2.05) is 14.1 Å². The lowest BCUT2D eigenvalue weighted by atomic mass is 10.0. The third-order valence-corrected chi connectivity index (χ3v) is 4.96. The van der Waals surface area contributed by atoms with Crippen LogP contribution in [0.3, 0.4) is 0 Å². The highest BCUT2D eigenvalue weighted by Gasteiger charge is 2.22. The number of nitrogens with zero attached hydrogens (tertiary/aromatic N) is 1. The zero-order chi connectivity index (χ0) is 16.7. The number of amides is 1. The van der Waals surface area contributed by atoms with Gasteiger partial charge in [-0.1, -0.05) is 84.0 Å². The van der Waals surface area contributed by atoms with Gasteiger partial charge >= 0.3 is 5.91 Å². The van der Waals surface area contributed by atoms with E-state index in [0.29, 0.717) is 10.4 Å². The maximum Gasteiger partial charge on any atom is 0.313 e. The molecular weight excluding hydrogens is 306 g/mol. The number of halogens is 1. The lowest BCUT2D eigenvalue weighted by Gasteiger charge is -2.24. The molecule has 3 heteroatoms. The summed E-state index contributed by atoms with van der Waals surface area (Å²) in [5, 5.41) is 0. The van der Waals surface area contributed by atoms with Gasteiger partial charge in [0.1, 0.15) is 0 Å². The fourth-order valence-corrected chi connectivity index (χ4v) is 2.77. The van der Waals surface area contributed by atoms with Crippen LogP contribution in [0.1, 0.15) is 104 Å². The molecule has 0 heterocycles. The van der Waals surface area contributed by atoms with E-state index in [0.717, 1.165) is 19.4 Å². The van der Waals surface area contributed by atoms with Crippen LogP contribution in [0.2, 0.25) is 0 Å². The number of hydrogen-bond acceptors (Lipinski definition) is 1. The van der Waals surface area contributed by atoms with Crippen molar-refractivity contribution in [1.82, 2.24) is 0 Å². The normalized spacial score (nSPS) is 11.3. The van der Waals surface area contributed by atoms with E-state index >= 15 is 0 Å². The lowest BCUT2D eigenvalue weighted by molar-refractivity contribution is -0.812. The summed E-state index contributed by atoms with van der Waals surface area (Å²) in [5.74, 6) is 0.394. The Labute approximate surface area is 152 Å². The molecule has 0 aliphatic heterocycles. The van der Waals surface area contributed by atoms with Crippen LogP contribution >= 0.6 is 0 Å². The average molecular weight is 348 g/mol. The number of carbonyl (C=O) groups is 1. The van der Waals surface area contributed by atoms with Crippen LogP contribution in [0.25, 0.3) is 0 Å². The molecule has 0 bridgehead atoms. The molecule has 0 unspecified atom stereocenters. The Balaban J connectivity index is 0. The van der Waals surface area contributed by atoms with Crippen LogP contribution in [0, 0.1) is 0 Å². The molecule has 0 aromatic heterocycles. The highest BCUT2D eigenvalue weighted by molar-refractivity contribution is 5.68. The summed E-state index contributed by atoms with van der Waals surface area (Å²) in [6.07, 6.45) is 18.5. The molecule has 2 nitrogen and oxygen atoms in total. The number of quaternary nitrogens is 1. The molecule has 0 radical (unpaired) electrons. The monoisotopic (exact) mass is 347 g/mol.